The van der Waals surface area contributed by atoms with E-state index in [9.17, 15) is 4.79 Å². The van der Waals surface area contributed by atoms with E-state index in [-0.39, 0.29) is 12.0 Å². The molecule has 2 rings (SSSR count). The fraction of sp³-hybridized carbons (Fsp3) is 0.929. The van der Waals surface area contributed by atoms with Crippen LogP contribution in [-0.4, -0.2) is 74.7 Å². The average molecular weight is 269 g/mol. The van der Waals surface area contributed by atoms with Gasteiger partial charge in [0.1, 0.15) is 6.04 Å². The Morgan fingerprint density at radius 3 is 2.74 bits per heavy atom. The SMILES string of the molecule is COC(=O)C(CN(C)CC1CCCN1C)NC1CC1. The van der Waals surface area contributed by atoms with E-state index in [1.165, 1.54) is 39.3 Å². The minimum Gasteiger partial charge on any atom is -0.468 e. The molecule has 2 unspecified atom stereocenters. The minimum absolute atomic E-state index is 0.140. The summed E-state index contributed by atoms with van der Waals surface area (Å²) in [5.74, 6) is -0.140. The van der Waals surface area contributed by atoms with Gasteiger partial charge in [0.05, 0.1) is 7.11 Å². The Hall–Kier alpha value is -0.650. The lowest BCUT2D eigenvalue weighted by molar-refractivity contribution is -0.143. The van der Waals surface area contributed by atoms with Crippen LogP contribution in [-0.2, 0) is 9.53 Å². The molecule has 1 saturated heterocycles. The van der Waals surface area contributed by atoms with Gasteiger partial charge < -0.3 is 19.9 Å². The van der Waals surface area contributed by atoms with Gasteiger partial charge in [-0.05, 0) is 46.3 Å². The molecule has 2 atom stereocenters. The summed E-state index contributed by atoms with van der Waals surface area (Å²) >= 11 is 0. The molecule has 2 aliphatic rings. The van der Waals surface area contributed by atoms with E-state index in [0.29, 0.717) is 12.1 Å². The van der Waals surface area contributed by atoms with Gasteiger partial charge in [-0.3, -0.25) is 4.79 Å². The molecule has 0 bridgehead atoms. The molecule has 1 heterocycles. The summed E-state index contributed by atoms with van der Waals surface area (Å²) in [5.41, 5.74) is 0. The smallest absolute Gasteiger partial charge is 0.324 e. The Morgan fingerprint density at radius 2 is 2.21 bits per heavy atom. The maximum Gasteiger partial charge on any atom is 0.324 e. The Bertz CT molecular complexity index is 307. The Morgan fingerprint density at radius 1 is 1.47 bits per heavy atom. The third-order valence-corrected chi connectivity index (χ3v) is 4.19. The van der Waals surface area contributed by atoms with Crippen molar-refractivity contribution in [3.63, 3.8) is 0 Å². The topological polar surface area (TPSA) is 44.8 Å². The molecule has 110 valence electrons. The summed E-state index contributed by atoms with van der Waals surface area (Å²) in [5, 5.41) is 3.38. The monoisotopic (exact) mass is 269 g/mol. The molecule has 19 heavy (non-hydrogen) atoms. The van der Waals surface area contributed by atoms with Crippen LogP contribution in [0.15, 0.2) is 0 Å². The summed E-state index contributed by atoms with van der Waals surface area (Å²) in [7, 11) is 5.75. The van der Waals surface area contributed by atoms with Crippen molar-refractivity contribution in [1.29, 1.82) is 0 Å². The molecule has 1 saturated carbocycles. The van der Waals surface area contributed by atoms with Crippen LogP contribution in [0.25, 0.3) is 0 Å². The fourth-order valence-electron chi connectivity index (χ4n) is 2.83. The number of nitrogens with one attached hydrogen (secondary N) is 1. The number of hydrogen-bond donors (Lipinski definition) is 1. The van der Waals surface area contributed by atoms with Crippen molar-refractivity contribution in [1.82, 2.24) is 15.1 Å². The van der Waals surface area contributed by atoms with E-state index in [4.69, 9.17) is 4.74 Å². The molecular formula is C14H27N3O2. The lowest BCUT2D eigenvalue weighted by Gasteiger charge is -2.28. The Labute approximate surface area is 116 Å². The van der Waals surface area contributed by atoms with Gasteiger partial charge >= 0.3 is 5.97 Å². The maximum absolute atomic E-state index is 11.8. The van der Waals surface area contributed by atoms with Gasteiger partial charge in [0, 0.05) is 25.2 Å². The number of hydrogen-bond acceptors (Lipinski definition) is 5. The van der Waals surface area contributed by atoms with Crippen LogP contribution in [0.1, 0.15) is 25.7 Å². The van der Waals surface area contributed by atoms with Gasteiger partial charge in [-0.1, -0.05) is 0 Å². The third-order valence-electron chi connectivity index (χ3n) is 4.19. The van der Waals surface area contributed by atoms with Crippen LogP contribution < -0.4 is 5.32 Å². The number of esters is 1. The van der Waals surface area contributed by atoms with Gasteiger partial charge in [0.15, 0.2) is 0 Å². The second kappa shape index (κ2) is 6.68. The molecular weight excluding hydrogens is 242 g/mol. The molecule has 0 amide bonds. The molecule has 2 fully saturated rings. The molecule has 0 radical (unpaired) electrons. The Kier molecular flexibility index (Phi) is 5.19. The van der Waals surface area contributed by atoms with E-state index in [0.717, 1.165) is 13.1 Å². The standard InChI is InChI=1S/C14H27N3O2/c1-16(9-12-5-4-8-17(12)2)10-13(14(18)19-3)15-11-6-7-11/h11-13,15H,4-10H2,1-3H3. The quantitative estimate of drug-likeness (QED) is 0.674. The van der Waals surface area contributed by atoms with Crippen LogP contribution in [0.5, 0.6) is 0 Å². The van der Waals surface area contributed by atoms with E-state index in [2.05, 4.69) is 29.2 Å². The zero-order chi connectivity index (χ0) is 13.8. The van der Waals surface area contributed by atoms with Gasteiger partial charge in [0.25, 0.3) is 0 Å². The predicted octanol–water partition coefficient (Wildman–Crippen LogP) is 0.306. The molecule has 0 aromatic carbocycles. The van der Waals surface area contributed by atoms with Crippen LogP contribution in [0.4, 0.5) is 0 Å². The fourth-order valence-corrected chi connectivity index (χ4v) is 2.83. The van der Waals surface area contributed by atoms with Crippen molar-refractivity contribution in [2.45, 2.75) is 43.8 Å². The van der Waals surface area contributed by atoms with Crippen molar-refractivity contribution >= 4 is 5.97 Å². The van der Waals surface area contributed by atoms with Crippen molar-refractivity contribution < 1.29 is 9.53 Å². The van der Waals surface area contributed by atoms with Crippen molar-refractivity contribution in [3.8, 4) is 0 Å². The largest absolute Gasteiger partial charge is 0.468 e. The number of likely N-dealkylation sites (tertiary alicyclic amines) is 1. The lowest BCUT2D eigenvalue weighted by Crippen LogP contribution is -2.48. The van der Waals surface area contributed by atoms with E-state index in [1.54, 1.807) is 0 Å². The second-order valence-electron chi connectivity index (χ2n) is 6.01. The highest BCUT2D eigenvalue weighted by molar-refractivity contribution is 5.76. The number of carbonyl (C=O) groups is 1. The summed E-state index contributed by atoms with van der Waals surface area (Å²) in [6.45, 7) is 2.95. The number of rotatable bonds is 7. The van der Waals surface area contributed by atoms with Crippen LogP contribution in [0.2, 0.25) is 0 Å². The third kappa shape index (κ3) is 4.44. The molecule has 1 aliphatic carbocycles. The van der Waals surface area contributed by atoms with Gasteiger partial charge in [0.2, 0.25) is 0 Å². The average Bonchev–Trinajstić information content (AvgIpc) is 3.11. The molecule has 5 nitrogen and oxygen atoms in total. The first-order valence-corrected chi connectivity index (χ1v) is 7.33. The van der Waals surface area contributed by atoms with E-state index < -0.39 is 0 Å². The van der Waals surface area contributed by atoms with Gasteiger partial charge in [-0.2, -0.15) is 0 Å². The first-order chi connectivity index (χ1) is 9.10. The number of nitrogens with zero attached hydrogens (tertiary/aromatic N) is 2. The molecule has 0 aromatic heterocycles. The number of methoxy groups -OCH3 is 1. The normalized spacial score (nSPS) is 25.8. The molecule has 1 N–H and O–H groups in total. The molecule has 0 spiro atoms. The van der Waals surface area contributed by atoms with Crippen molar-refractivity contribution in [2.24, 2.45) is 0 Å². The number of ether oxygens (including phenoxy) is 1. The Balaban J connectivity index is 1.79. The van der Waals surface area contributed by atoms with Crippen LogP contribution in [0, 0.1) is 0 Å². The molecule has 0 aromatic rings. The zero-order valence-electron chi connectivity index (χ0n) is 12.4. The highest BCUT2D eigenvalue weighted by atomic mass is 16.5. The first-order valence-electron chi connectivity index (χ1n) is 7.33. The maximum atomic E-state index is 11.8. The molecule has 1 aliphatic heterocycles. The highest BCUT2D eigenvalue weighted by Crippen LogP contribution is 2.20. The first kappa shape index (κ1) is 14.8. The zero-order valence-corrected chi connectivity index (χ0v) is 12.4. The summed E-state index contributed by atoms with van der Waals surface area (Å²) in [4.78, 5) is 16.5. The lowest BCUT2D eigenvalue weighted by atomic mass is 10.2. The second-order valence-corrected chi connectivity index (χ2v) is 6.01. The summed E-state index contributed by atoms with van der Waals surface area (Å²) in [6, 6.07) is 0.963. The summed E-state index contributed by atoms with van der Waals surface area (Å²) in [6.07, 6.45) is 4.92. The predicted molar refractivity (Wildman–Crippen MR) is 75.1 cm³/mol. The van der Waals surface area contributed by atoms with Gasteiger partial charge in [-0.15, -0.1) is 0 Å². The van der Waals surface area contributed by atoms with Crippen molar-refractivity contribution in [3.05, 3.63) is 0 Å². The van der Waals surface area contributed by atoms with E-state index >= 15 is 0 Å². The molecule has 5 heteroatoms. The number of carbonyl (C=O) groups excluding carboxylic acids is 1. The minimum atomic E-state index is -0.186. The van der Waals surface area contributed by atoms with E-state index in [1.807, 2.05) is 0 Å². The number of likely N-dealkylation sites (N-methyl/N-ethyl adjacent to an activating group) is 2. The van der Waals surface area contributed by atoms with Crippen molar-refractivity contribution in [2.75, 3.05) is 40.8 Å². The highest BCUT2D eigenvalue weighted by Gasteiger charge is 2.30. The van der Waals surface area contributed by atoms with Crippen LogP contribution in [0.3, 0.4) is 0 Å². The van der Waals surface area contributed by atoms with Crippen LogP contribution >= 0.6 is 0 Å². The summed E-state index contributed by atoms with van der Waals surface area (Å²) < 4.78 is 4.89. The van der Waals surface area contributed by atoms with Gasteiger partial charge in [-0.25, -0.2) is 0 Å².